The average molecular weight is 364 g/mol. The van der Waals surface area contributed by atoms with Crippen LogP contribution >= 0.6 is 43.5 Å². The molecule has 0 radical (unpaired) electrons. The average Bonchev–Trinajstić information content (AvgIpc) is 2.63. The van der Waals surface area contributed by atoms with Gasteiger partial charge in [0.15, 0.2) is 0 Å². The van der Waals surface area contributed by atoms with Crippen LogP contribution < -0.4 is 0 Å². The lowest BCUT2D eigenvalue weighted by Gasteiger charge is -2.18. The van der Waals surface area contributed by atoms with Gasteiger partial charge in [-0.2, -0.15) is 0 Å². The number of rotatable bonds is 0. The molecule has 0 spiro atoms. The molecule has 1 aliphatic rings. The van der Waals surface area contributed by atoms with E-state index in [1.807, 2.05) is 0 Å². The molecule has 0 aliphatic carbocycles. The summed E-state index contributed by atoms with van der Waals surface area (Å²) in [6.07, 6.45) is 2.20. The van der Waals surface area contributed by atoms with E-state index in [0.29, 0.717) is 5.28 Å². The molecule has 0 atom stereocenters. The third-order valence-electron chi connectivity index (χ3n) is 3.16. The van der Waals surface area contributed by atoms with Crippen molar-refractivity contribution in [3.63, 3.8) is 0 Å². The Morgan fingerprint density at radius 3 is 2.81 bits per heavy atom. The smallest absolute Gasteiger partial charge is 0.203 e. The van der Waals surface area contributed by atoms with Gasteiger partial charge in [0.05, 0.1) is 11.0 Å². The SMILES string of the molecule is Cc1c(Br)c(Br)c2c3c1nc(Cl)n3CCC2. The molecule has 1 aliphatic heterocycles. The highest BCUT2D eigenvalue weighted by Crippen LogP contribution is 2.40. The molecule has 5 heteroatoms. The molecule has 3 rings (SSSR count). The third-order valence-corrected chi connectivity index (χ3v) is 5.84. The van der Waals surface area contributed by atoms with E-state index < -0.39 is 0 Å². The zero-order valence-electron chi connectivity index (χ0n) is 8.65. The van der Waals surface area contributed by atoms with Crippen LogP contribution in [-0.4, -0.2) is 9.55 Å². The van der Waals surface area contributed by atoms with Crippen LogP contribution in [0.25, 0.3) is 11.0 Å². The van der Waals surface area contributed by atoms with Crippen molar-refractivity contribution in [2.75, 3.05) is 0 Å². The van der Waals surface area contributed by atoms with Crippen molar-refractivity contribution in [3.05, 3.63) is 25.4 Å². The molecule has 0 unspecified atom stereocenters. The van der Waals surface area contributed by atoms with Gasteiger partial charge in [-0.3, -0.25) is 0 Å². The van der Waals surface area contributed by atoms with E-state index in [4.69, 9.17) is 11.6 Å². The molecule has 0 saturated heterocycles. The molecule has 0 N–H and O–H groups in total. The molecule has 0 amide bonds. The summed E-state index contributed by atoms with van der Waals surface area (Å²) in [6, 6.07) is 0. The summed E-state index contributed by atoms with van der Waals surface area (Å²) in [4.78, 5) is 4.46. The van der Waals surface area contributed by atoms with E-state index in [0.717, 1.165) is 39.4 Å². The van der Waals surface area contributed by atoms with Crippen LogP contribution in [0, 0.1) is 6.92 Å². The van der Waals surface area contributed by atoms with Crippen molar-refractivity contribution in [2.45, 2.75) is 26.3 Å². The Morgan fingerprint density at radius 1 is 1.31 bits per heavy atom. The number of aromatic nitrogens is 2. The molecule has 0 bridgehead atoms. The van der Waals surface area contributed by atoms with E-state index in [2.05, 4.69) is 48.3 Å². The monoisotopic (exact) mass is 362 g/mol. The van der Waals surface area contributed by atoms with Crippen LogP contribution in [0.4, 0.5) is 0 Å². The predicted molar refractivity (Wildman–Crippen MR) is 73.2 cm³/mol. The summed E-state index contributed by atoms with van der Waals surface area (Å²) in [5, 5.41) is 0.601. The fraction of sp³-hybridized carbons (Fsp3) is 0.364. The maximum Gasteiger partial charge on any atom is 0.203 e. The summed E-state index contributed by atoms with van der Waals surface area (Å²) < 4.78 is 4.35. The van der Waals surface area contributed by atoms with Crippen molar-refractivity contribution in [1.82, 2.24) is 9.55 Å². The second-order valence-corrected chi connectivity index (χ2v) is 5.99. The fourth-order valence-electron chi connectivity index (χ4n) is 2.34. The summed E-state index contributed by atoms with van der Waals surface area (Å²) >= 11 is 13.4. The van der Waals surface area contributed by atoms with Crippen LogP contribution in [0.2, 0.25) is 5.28 Å². The van der Waals surface area contributed by atoms with Crippen LogP contribution in [0.15, 0.2) is 8.95 Å². The number of nitrogens with zero attached hydrogens (tertiary/aromatic N) is 2. The number of aryl methyl sites for hydroxylation is 3. The Morgan fingerprint density at radius 2 is 2.06 bits per heavy atom. The van der Waals surface area contributed by atoms with Gasteiger partial charge < -0.3 is 4.57 Å². The lowest BCUT2D eigenvalue weighted by atomic mass is 10.0. The minimum atomic E-state index is 0.601. The summed E-state index contributed by atoms with van der Waals surface area (Å²) in [5.74, 6) is 0. The predicted octanol–water partition coefficient (Wildman–Crippen LogP) is 4.47. The molecule has 0 saturated carbocycles. The van der Waals surface area contributed by atoms with Gasteiger partial charge in [-0.05, 0) is 74.4 Å². The van der Waals surface area contributed by atoms with Gasteiger partial charge in [-0.1, -0.05) is 0 Å². The van der Waals surface area contributed by atoms with Crippen molar-refractivity contribution >= 4 is 54.5 Å². The number of benzene rings is 1. The van der Waals surface area contributed by atoms with Gasteiger partial charge in [0.2, 0.25) is 5.28 Å². The van der Waals surface area contributed by atoms with Gasteiger partial charge in [0, 0.05) is 15.5 Å². The number of imidazole rings is 1. The highest BCUT2D eigenvalue weighted by atomic mass is 79.9. The van der Waals surface area contributed by atoms with E-state index in [9.17, 15) is 0 Å². The first kappa shape index (κ1) is 11.1. The first-order valence-corrected chi connectivity index (χ1v) is 7.10. The van der Waals surface area contributed by atoms with Gasteiger partial charge in [-0.15, -0.1) is 0 Å². The van der Waals surface area contributed by atoms with Gasteiger partial charge in [0.25, 0.3) is 0 Å². The highest BCUT2D eigenvalue weighted by molar-refractivity contribution is 9.13. The Bertz CT molecular complexity index is 604. The van der Waals surface area contributed by atoms with E-state index in [1.165, 1.54) is 11.1 Å². The quantitative estimate of drug-likeness (QED) is 0.674. The Hall–Kier alpha value is -0.0600. The lowest BCUT2D eigenvalue weighted by molar-refractivity contribution is 0.631. The molecule has 2 nitrogen and oxygen atoms in total. The fourth-order valence-corrected chi connectivity index (χ4v) is 3.71. The highest BCUT2D eigenvalue weighted by Gasteiger charge is 2.23. The first-order valence-electron chi connectivity index (χ1n) is 5.13. The summed E-state index contributed by atoms with van der Waals surface area (Å²) in [7, 11) is 0. The third kappa shape index (κ3) is 1.33. The molecule has 2 aromatic rings. The van der Waals surface area contributed by atoms with E-state index in [-0.39, 0.29) is 0 Å². The molecule has 2 heterocycles. The lowest BCUT2D eigenvalue weighted by Crippen LogP contribution is -2.08. The molecule has 84 valence electrons. The van der Waals surface area contributed by atoms with Gasteiger partial charge in [0.1, 0.15) is 0 Å². The van der Waals surface area contributed by atoms with Crippen LogP contribution in [0.5, 0.6) is 0 Å². The van der Waals surface area contributed by atoms with Crippen LogP contribution in [0.1, 0.15) is 17.5 Å². The van der Waals surface area contributed by atoms with E-state index in [1.54, 1.807) is 0 Å². The molecular weight excluding hydrogens is 355 g/mol. The van der Waals surface area contributed by atoms with Gasteiger partial charge >= 0.3 is 0 Å². The minimum absolute atomic E-state index is 0.601. The Balaban J connectivity index is 2.57. The number of hydrogen-bond donors (Lipinski definition) is 0. The first-order chi connectivity index (χ1) is 7.61. The van der Waals surface area contributed by atoms with Crippen LogP contribution in [-0.2, 0) is 13.0 Å². The number of halogens is 3. The summed E-state index contributed by atoms with van der Waals surface area (Å²) in [6.45, 7) is 3.03. The molecule has 1 aromatic carbocycles. The summed E-state index contributed by atoms with van der Waals surface area (Å²) in [5.41, 5.74) is 4.69. The van der Waals surface area contributed by atoms with Crippen molar-refractivity contribution in [1.29, 1.82) is 0 Å². The second-order valence-electron chi connectivity index (χ2n) is 4.06. The van der Waals surface area contributed by atoms with Crippen molar-refractivity contribution in [2.24, 2.45) is 0 Å². The van der Waals surface area contributed by atoms with Crippen molar-refractivity contribution < 1.29 is 0 Å². The molecule has 0 fully saturated rings. The molecule has 1 aromatic heterocycles. The topological polar surface area (TPSA) is 17.8 Å². The Kier molecular flexibility index (Phi) is 2.57. The minimum Gasteiger partial charge on any atom is -0.314 e. The normalized spacial score (nSPS) is 14.8. The maximum atomic E-state index is 6.17. The van der Waals surface area contributed by atoms with Crippen molar-refractivity contribution in [3.8, 4) is 0 Å². The second kappa shape index (κ2) is 3.72. The van der Waals surface area contributed by atoms with E-state index >= 15 is 0 Å². The Labute approximate surface area is 115 Å². The molecular formula is C11H9Br2ClN2. The maximum absolute atomic E-state index is 6.17. The molecule has 16 heavy (non-hydrogen) atoms. The largest absolute Gasteiger partial charge is 0.314 e. The zero-order valence-corrected chi connectivity index (χ0v) is 12.6. The zero-order chi connectivity index (χ0) is 11.4. The standard InChI is InChI=1S/C11H9Br2ClN2/c1-5-7(12)8(13)6-3-2-4-16-10(6)9(5)15-11(16)14/h2-4H2,1H3. The number of hydrogen-bond acceptors (Lipinski definition) is 1. The van der Waals surface area contributed by atoms with Gasteiger partial charge in [-0.25, -0.2) is 4.98 Å². The van der Waals surface area contributed by atoms with Crippen LogP contribution in [0.3, 0.4) is 0 Å².